The average Bonchev–Trinajstić information content (AvgIpc) is 2.96. The van der Waals surface area contributed by atoms with E-state index in [4.69, 9.17) is 16.1 Å². The molecule has 104 valence electrons. The fraction of sp³-hybridized carbons (Fsp3) is 0.357. The van der Waals surface area contributed by atoms with Crippen molar-refractivity contribution in [2.75, 3.05) is 5.88 Å². The first-order valence-electron chi connectivity index (χ1n) is 6.48. The van der Waals surface area contributed by atoms with E-state index in [1.807, 2.05) is 36.6 Å². The summed E-state index contributed by atoms with van der Waals surface area (Å²) >= 11 is 5.86. The highest BCUT2D eigenvalue weighted by molar-refractivity contribution is 6.17. The summed E-state index contributed by atoms with van der Waals surface area (Å²) in [6, 6.07) is 5.87. The summed E-state index contributed by atoms with van der Waals surface area (Å²) in [5, 5.41) is 3.92. The van der Waals surface area contributed by atoms with E-state index in [1.54, 1.807) is 0 Å². The minimum absolute atomic E-state index is 0.526. The molecule has 0 atom stereocenters. The highest BCUT2D eigenvalue weighted by Crippen LogP contribution is 2.18. The summed E-state index contributed by atoms with van der Waals surface area (Å²) in [6.07, 6.45) is 0.698. The van der Waals surface area contributed by atoms with Crippen molar-refractivity contribution in [3.8, 4) is 0 Å². The van der Waals surface area contributed by atoms with Gasteiger partial charge in [0, 0.05) is 24.1 Å². The number of nitrogens with zero attached hydrogens (tertiary/aromatic N) is 4. The predicted octanol–water partition coefficient (Wildman–Crippen LogP) is 2.87. The standard InChI is InChI=1S/C14H15ClN4O/c1-9-3-4-12-14(16-9)19(13(17-12)5-6-15)8-11-7-10(2)18-20-11/h3-4,7H,5-6,8H2,1-2H3. The number of imidazole rings is 1. The summed E-state index contributed by atoms with van der Waals surface area (Å²) in [5.41, 5.74) is 3.57. The highest BCUT2D eigenvalue weighted by atomic mass is 35.5. The molecular weight excluding hydrogens is 276 g/mol. The van der Waals surface area contributed by atoms with Crippen molar-refractivity contribution >= 4 is 22.8 Å². The second kappa shape index (κ2) is 5.25. The van der Waals surface area contributed by atoms with Crippen LogP contribution in [0.2, 0.25) is 0 Å². The number of halogens is 1. The molecule has 6 heteroatoms. The van der Waals surface area contributed by atoms with Crippen LogP contribution in [0, 0.1) is 13.8 Å². The summed E-state index contributed by atoms with van der Waals surface area (Å²) in [4.78, 5) is 9.18. The van der Waals surface area contributed by atoms with Crippen molar-refractivity contribution in [1.82, 2.24) is 19.7 Å². The molecule has 0 bridgehead atoms. The maximum atomic E-state index is 5.86. The lowest BCUT2D eigenvalue weighted by atomic mass is 10.3. The van der Waals surface area contributed by atoms with E-state index >= 15 is 0 Å². The van der Waals surface area contributed by atoms with E-state index in [1.165, 1.54) is 0 Å². The summed E-state index contributed by atoms with van der Waals surface area (Å²) in [7, 11) is 0. The summed E-state index contributed by atoms with van der Waals surface area (Å²) < 4.78 is 7.34. The molecule has 20 heavy (non-hydrogen) atoms. The Morgan fingerprint density at radius 2 is 2.05 bits per heavy atom. The SMILES string of the molecule is Cc1cc(Cn2c(CCCl)nc3ccc(C)nc32)on1. The fourth-order valence-corrected chi connectivity index (χ4v) is 2.40. The largest absolute Gasteiger partial charge is 0.359 e. The van der Waals surface area contributed by atoms with Crippen LogP contribution in [0.25, 0.3) is 11.2 Å². The second-order valence-corrected chi connectivity index (χ2v) is 5.16. The van der Waals surface area contributed by atoms with Gasteiger partial charge < -0.3 is 9.09 Å². The molecule has 0 aliphatic rings. The van der Waals surface area contributed by atoms with Crippen LogP contribution in [-0.2, 0) is 13.0 Å². The lowest BCUT2D eigenvalue weighted by Crippen LogP contribution is -2.06. The predicted molar refractivity (Wildman–Crippen MR) is 77.0 cm³/mol. The average molecular weight is 291 g/mol. The van der Waals surface area contributed by atoms with E-state index in [0.717, 1.165) is 34.1 Å². The number of pyridine rings is 1. The third kappa shape index (κ3) is 2.41. The number of hydrogen-bond donors (Lipinski definition) is 0. The zero-order valence-corrected chi connectivity index (χ0v) is 12.2. The van der Waals surface area contributed by atoms with Gasteiger partial charge in [0.2, 0.25) is 0 Å². The van der Waals surface area contributed by atoms with Gasteiger partial charge >= 0.3 is 0 Å². The Labute approximate surface area is 121 Å². The van der Waals surface area contributed by atoms with Gasteiger partial charge in [0.25, 0.3) is 0 Å². The van der Waals surface area contributed by atoms with Crippen LogP contribution in [0.3, 0.4) is 0 Å². The van der Waals surface area contributed by atoms with E-state index in [2.05, 4.69) is 15.1 Å². The molecule has 3 rings (SSSR count). The molecule has 0 amide bonds. The molecule has 5 nitrogen and oxygen atoms in total. The van der Waals surface area contributed by atoms with Crippen LogP contribution in [0.1, 0.15) is 23.0 Å². The Balaban J connectivity index is 2.09. The van der Waals surface area contributed by atoms with Crippen LogP contribution in [0.5, 0.6) is 0 Å². The van der Waals surface area contributed by atoms with Crippen LogP contribution in [-0.4, -0.2) is 25.6 Å². The van der Waals surface area contributed by atoms with Gasteiger partial charge in [-0.3, -0.25) is 0 Å². The molecule has 0 aliphatic heterocycles. The van der Waals surface area contributed by atoms with Gasteiger partial charge in [-0.1, -0.05) is 5.16 Å². The number of hydrogen-bond acceptors (Lipinski definition) is 4. The van der Waals surface area contributed by atoms with Gasteiger partial charge in [0.1, 0.15) is 11.3 Å². The van der Waals surface area contributed by atoms with E-state index < -0.39 is 0 Å². The molecule has 3 aromatic heterocycles. The topological polar surface area (TPSA) is 56.7 Å². The van der Waals surface area contributed by atoms with Gasteiger partial charge in [-0.2, -0.15) is 0 Å². The maximum absolute atomic E-state index is 5.86. The number of alkyl halides is 1. The van der Waals surface area contributed by atoms with Crippen molar-refractivity contribution in [1.29, 1.82) is 0 Å². The van der Waals surface area contributed by atoms with Gasteiger partial charge in [0.05, 0.1) is 12.2 Å². The lowest BCUT2D eigenvalue weighted by Gasteiger charge is -2.05. The molecule has 0 aliphatic carbocycles. The van der Waals surface area contributed by atoms with Gasteiger partial charge in [0.15, 0.2) is 11.4 Å². The Morgan fingerprint density at radius 1 is 1.20 bits per heavy atom. The minimum Gasteiger partial charge on any atom is -0.359 e. The Bertz CT molecular complexity index is 747. The Kier molecular flexibility index (Phi) is 3.44. The first kappa shape index (κ1) is 13.1. The molecule has 0 fully saturated rings. The molecule has 0 saturated heterocycles. The number of aromatic nitrogens is 4. The van der Waals surface area contributed by atoms with Crippen molar-refractivity contribution in [2.45, 2.75) is 26.8 Å². The molecular formula is C14H15ClN4O. The zero-order valence-electron chi connectivity index (χ0n) is 11.4. The van der Waals surface area contributed by atoms with Gasteiger partial charge in [-0.25, -0.2) is 9.97 Å². The van der Waals surface area contributed by atoms with Gasteiger partial charge in [-0.05, 0) is 26.0 Å². The first-order chi connectivity index (χ1) is 9.67. The number of fused-ring (bicyclic) bond motifs is 1. The van der Waals surface area contributed by atoms with Crippen LogP contribution in [0.4, 0.5) is 0 Å². The quantitative estimate of drug-likeness (QED) is 0.693. The minimum atomic E-state index is 0.526. The summed E-state index contributed by atoms with van der Waals surface area (Å²) in [5.74, 6) is 2.24. The molecule has 0 N–H and O–H groups in total. The molecule has 0 spiro atoms. The third-order valence-corrected chi connectivity index (χ3v) is 3.31. The normalized spacial score (nSPS) is 11.3. The van der Waals surface area contributed by atoms with Crippen molar-refractivity contribution in [3.63, 3.8) is 0 Å². The number of rotatable bonds is 4. The van der Waals surface area contributed by atoms with Crippen LogP contribution >= 0.6 is 11.6 Å². The van der Waals surface area contributed by atoms with Crippen molar-refractivity contribution in [2.24, 2.45) is 0 Å². The molecule has 0 saturated carbocycles. The summed E-state index contributed by atoms with van der Waals surface area (Å²) in [6.45, 7) is 4.44. The maximum Gasteiger partial charge on any atom is 0.160 e. The number of aryl methyl sites for hydroxylation is 3. The zero-order chi connectivity index (χ0) is 14.1. The highest BCUT2D eigenvalue weighted by Gasteiger charge is 2.14. The molecule has 0 unspecified atom stereocenters. The molecule has 0 radical (unpaired) electrons. The third-order valence-electron chi connectivity index (χ3n) is 3.12. The lowest BCUT2D eigenvalue weighted by molar-refractivity contribution is 0.372. The first-order valence-corrected chi connectivity index (χ1v) is 7.02. The van der Waals surface area contributed by atoms with E-state index in [9.17, 15) is 0 Å². The Morgan fingerprint density at radius 3 is 2.75 bits per heavy atom. The van der Waals surface area contributed by atoms with E-state index in [-0.39, 0.29) is 0 Å². The fourth-order valence-electron chi connectivity index (χ4n) is 2.23. The second-order valence-electron chi connectivity index (χ2n) is 4.78. The molecule has 0 aromatic carbocycles. The molecule has 3 heterocycles. The van der Waals surface area contributed by atoms with E-state index in [0.29, 0.717) is 18.8 Å². The smallest absolute Gasteiger partial charge is 0.160 e. The van der Waals surface area contributed by atoms with Gasteiger partial charge in [-0.15, -0.1) is 11.6 Å². The van der Waals surface area contributed by atoms with Crippen molar-refractivity contribution < 1.29 is 4.52 Å². The Hall–Kier alpha value is -1.88. The van der Waals surface area contributed by atoms with Crippen LogP contribution < -0.4 is 0 Å². The van der Waals surface area contributed by atoms with Crippen LogP contribution in [0.15, 0.2) is 22.7 Å². The van der Waals surface area contributed by atoms with Crippen molar-refractivity contribution in [3.05, 3.63) is 41.2 Å². The molecule has 3 aromatic rings. The monoisotopic (exact) mass is 290 g/mol.